The van der Waals surface area contributed by atoms with E-state index in [1.54, 1.807) is 0 Å². The van der Waals surface area contributed by atoms with Crippen LogP contribution in [-0.2, 0) is 0 Å². The molecule has 0 spiro atoms. The van der Waals surface area contributed by atoms with Gasteiger partial charge in [-0.25, -0.2) is 4.98 Å². The van der Waals surface area contributed by atoms with Crippen molar-refractivity contribution in [1.29, 1.82) is 0 Å². The fraction of sp³-hybridized carbons (Fsp3) is 0.444. The molecule has 2 aromatic heterocycles. The van der Waals surface area contributed by atoms with E-state index in [1.165, 1.54) is 25.5 Å². The zero-order valence-electron chi connectivity index (χ0n) is 15.0. The van der Waals surface area contributed by atoms with Gasteiger partial charge in [-0.15, -0.1) is 0 Å². The van der Waals surface area contributed by atoms with Crippen LogP contribution in [0.25, 0.3) is 22.1 Å². The van der Waals surface area contributed by atoms with Crippen molar-refractivity contribution in [2.24, 2.45) is 5.73 Å². The van der Waals surface area contributed by atoms with Crippen LogP contribution < -0.4 is 16.4 Å². The van der Waals surface area contributed by atoms with Gasteiger partial charge in [-0.3, -0.25) is 0 Å². The third-order valence-corrected chi connectivity index (χ3v) is 3.87. The van der Waals surface area contributed by atoms with Gasteiger partial charge in [0.2, 0.25) is 5.95 Å². The number of fused-ring (bicyclic) bond motifs is 3. The van der Waals surface area contributed by atoms with Crippen molar-refractivity contribution in [3.8, 4) is 0 Å². The van der Waals surface area contributed by atoms with Gasteiger partial charge >= 0.3 is 0 Å². The van der Waals surface area contributed by atoms with E-state index < -0.39 is 0 Å². The van der Waals surface area contributed by atoms with Crippen LogP contribution in [-0.4, -0.2) is 30.1 Å². The summed E-state index contributed by atoms with van der Waals surface area (Å²) in [7, 11) is 1.50. The number of furan rings is 1. The SMILES string of the molecule is CC.CN.Cc1ccc2oc3c(N4CCCC4)nc(N)nc3c2c1. The van der Waals surface area contributed by atoms with Crippen molar-refractivity contribution < 1.29 is 4.42 Å². The van der Waals surface area contributed by atoms with Gasteiger partial charge < -0.3 is 20.8 Å². The fourth-order valence-corrected chi connectivity index (χ4v) is 2.90. The van der Waals surface area contributed by atoms with Crippen LogP contribution in [0.2, 0.25) is 0 Å². The van der Waals surface area contributed by atoms with Crippen molar-refractivity contribution >= 4 is 33.8 Å². The van der Waals surface area contributed by atoms with E-state index in [4.69, 9.17) is 10.2 Å². The standard InChI is InChI=1S/C15H16N4O.C2H6.CH5N/c1-9-4-5-11-10(8-9)12-13(20-11)14(18-15(16)17-12)19-6-2-3-7-19;2*1-2/h4-5,8H,2-3,6-7H2,1H3,(H2,16,17,18);1-2H3;2H2,1H3. The molecular weight excluding hydrogens is 302 g/mol. The number of benzene rings is 1. The summed E-state index contributed by atoms with van der Waals surface area (Å²) in [5, 5.41) is 1.01. The lowest BCUT2D eigenvalue weighted by Gasteiger charge is -2.16. The first-order chi connectivity index (χ1) is 11.7. The summed E-state index contributed by atoms with van der Waals surface area (Å²) >= 11 is 0. The van der Waals surface area contributed by atoms with Gasteiger partial charge in [-0.1, -0.05) is 25.5 Å². The first-order valence-corrected chi connectivity index (χ1v) is 8.51. The zero-order valence-corrected chi connectivity index (χ0v) is 15.0. The van der Waals surface area contributed by atoms with E-state index in [0.29, 0.717) is 5.95 Å². The molecule has 4 N–H and O–H groups in total. The number of nitrogens with two attached hydrogens (primary N) is 2. The number of rotatable bonds is 1. The summed E-state index contributed by atoms with van der Waals surface area (Å²) in [5.74, 6) is 1.14. The highest BCUT2D eigenvalue weighted by molar-refractivity contribution is 6.06. The molecule has 1 aliphatic rings. The maximum Gasteiger partial charge on any atom is 0.222 e. The Kier molecular flexibility index (Phi) is 5.98. The molecule has 0 amide bonds. The molecule has 0 radical (unpaired) electrons. The third kappa shape index (κ3) is 3.28. The van der Waals surface area contributed by atoms with E-state index in [0.717, 1.165) is 41.0 Å². The molecule has 0 atom stereocenters. The van der Waals surface area contributed by atoms with Crippen molar-refractivity contribution in [3.05, 3.63) is 23.8 Å². The molecule has 6 nitrogen and oxygen atoms in total. The Morgan fingerprint density at radius 1 is 1.08 bits per heavy atom. The molecule has 6 heteroatoms. The Hall–Kier alpha value is -2.34. The van der Waals surface area contributed by atoms with Gasteiger partial charge in [0.05, 0.1) is 0 Å². The smallest absolute Gasteiger partial charge is 0.222 e. The number of hydrogen-bond acceptors (Lipinski definition) is 6. The predicted molar refractivity (Wildman–Crippen MR) is 101 cm³/mol. The number of nitrogens with zero attached hydrogens (tertiary/aromatic N) is 3. The molecule has 1 aliphatic heterocycles. The maximum absolute atomic E-state index is 5.98. The van der Waals surface area contributed by atoms with Crippen LogP contribution in [0, 0.1) is 6.92 Å². The molecule has 0 bridgehead atoms. The molecule has 0 unspecified atom stereocenters. The van der Waals surface area contributed by atoms with E-state index in [1.807, 2.05) is 26.0 Å². The third-order valence-electron chi connectivity index (χ3n) is 3.87. The van der Waals surface area contributed by atoms with Crippen LogP contribution >= 0.6 is 0 Å². The number of anilines is 2. The summed E-state index contributed by atoms with van der Waals surface area (Å²) in [6.45, 7) is 8.06. The van der Waals surface area contributed by atoms with Crippen LogP contribution in [0.5, 0.6) is 0 Å². The van der Waals surface area contributed by atoms with Gasteiger partial charge in [0.25, 0.3) is 0 Å². The summed E-state index contributed by atoms with van der Waals surface area (Å²) in [5.41, 5.74) is 14.0. The lowest BCUT2D eigenvalue weighted by Crippen LogP contribution is -2.19. The Bertz CT molecular complexity index is 806. The summed E-state index contributed by atoms with van der Waals surface area (Å²) in [6.07, 6.45) is 2.37. The molecule has 3 aromatic rings. The highest BCUT2D eigenvalue weighted by Crippen LogP contribution is 2.34. The Morgan fingerprint density at radius 3 is 2.42 bits per heavy atom. The molecule has 1 fully saturated rings. The second-order valence-electron chi connectivity index (χ2n) is 5.38. The number of nitrogen functional groups attached to an aromatic ring is 1. The topological polar surface area (TPSA) is 94.2 Å². The van der Waals surface area contributed by atoms with Gasteiger partial charge in [0, 0.05) is 18.5 Å². The van der Waals surface area contributed by atoms with Crippen molar-refractivity contribution in [2.75, 3.05) is 30.8 Å². The largest absolute Gasteiger partial charge is 0.450 e. The lowest BCUT2D eigenvalue weighted by atomic mass is 10.2. The lowest BCUT2D eigenvalue weighted by molar-refractivity contribution is 0.663. The molecule has 0 aliphatic carbocycles. The molecular formula is C18H27N5O. The highest BCUT2D eigenvalue weighted by atomic mass is 16.3. The number of hydrogen-bond donors (Lipinski definition) is 2. The minimum atomic E-state index is 0.309. The zero-order chi connectivity index (χ0) is 17.7. The van der Waals surface area contributed by atoms with E-state index >= 15 is 0 Å². The second kappa shape index (κ2) is 7.97. The van der Waals surface area contributed by atoms with Gasteiger partial charge in [0.15, 0.2) is 11.4 Å². The molecule has 4 rings (SSSR count). The molecule has 3 heterocycles. The monoisotopic (exact) mass is 329 g/mol. The van der Waals surface area contributed by atoms with E-state index in [2.05, 4.69) is 33.6 Å². The van der Waals surface area contributed by atoms with Crippen LogP contribution in [0.3, 0.4) is 0 Å². The fourth-order valence-electron chi connectivity index (χ4n) is 2.90. The average Bonchev–Trinajstić information content (AvgIpc) is 3.26. The second-order valence-corrected chi connectivity index (χ2v) is 5.38. The van der Waals surface area contributed by atoms with Crippen molar-refractivity contribution in [2.45, 2.75) is 33.6 Å². The molecule has 1 saturated heterocycles. The maximum atomic E-state index is 5.98. The van der Waals surface area contributed by atoms with Gasteiger partial charge in [-0.05, 0) is 38.9 Å². The molecule has 130 valence electrons. The summed E-state index contributed by atoms with van der Waals surface area (Å²) in [6, 6.07) is 6.11. The van der Waals surface area contributed by atoms with Crippen LogP contribution in [0.15, 0.2) is 22.6 Å². The first kappa shape index (κ1) is 18.0. The van der Waals surface area contributed by atoms with E-state index in [9.17, 15) is 0 Å². The highest BCUT2D eigenvalue weighted by Gasteiger charge is 2.21. The van der Waals surface area contributed by atoms with E-state index in [-0.39, 0.29) is 0 Å². The normalized spacial score (nSPS) is 13.5. The minimum absolute atomic E-state index is 0.309. The molecule has 24 heavy (non-hydrogen) atoms. The average molecular weight is 329 g/mol. The Labute approximate surface area is 142 Å². The Morgan fingerprint density at radius 2 is 1.75 bits per heavy atom. The van der Waals surface area contributed by atoms with Crippen molar-refractivity contribution in [1.82, 2.24) is 9.97 Å². The number of aryl methyl sites for hydroxylation is 1. The van der Waals surface area contributed by atoms with Gasteiger partial charge in [-0.2, -0.15) is 4.98 Å². The predicted octanol–water partition coefficient (Wildman–Crippen LogP) is 3.47. The molecule has 1 aromatic carbocycles. The van der Waals surface area contributed by atoms with Gasteiger partial charge in [0.1, 0.15) is 11.1 Å². The first-order valence-electron chi connectivity index (χ1n) is 8.51. The van der Waals surface area contributed by atoms with Crippen LogP contribution in [0.1, 0.15) is 32.3 Å². The summed E-state index contributed by atoms with van der Waals surface area (Å²) in [4.78, 5) is 11.0. The van der Waals surface area contributed by atoms with Crippen LogP contribution in [0.4, 0.5) is 11.8 Å². The van der Waals surface area contributed by atoms with Crippen molar-refractivity contribution in [3.63, 3.8) is 0 Å². The minimum Gasteiger partial charge on any atom is -0.450 e. The number of aromatic nitrogens is 2. The quantitative estimate of drug-likeness (QED) is 0.710. The Balaban J connectivity index is 0.000000487. The summed E-state index contributed by atoms with van der Waals surface area (Å²) < 4.78 is 5.98. The molecule has 0 saturated carbocycles.